The summed E-state index contributed by atoms with van der Waals surface area (Å²) >= 11 is 0. The lowest BCUT2D eigenvalue weighted by Crippen LogP contribution is -2.31. The van der Waals surface area contributed by atoms with Crippen LogP contribution in [-0.2, 0) is 13.0 Å². The molecule has 0 fully saturated rings. The van der Waals surface area contributed by atoms with Crippen molar-refractivity contribution < 1.29 is 9.18 Å². The molecule has 32 heavy (non-hydrogen) atoms. The monoisotopic (exact) mass is 435 g/mol. The zero-order valence-corrected chi connectivity index (χ0v) is 18.5. The van der Waals surface area contributed by atoms with Crippen LogP contribution in [0.25, 0.3) is 5.57 Å². The Labute approximate surface area is 186 Å². The Morgan fingerprint density at radius 2 is 1.97 bits per heavy atom. The predicted molar refractivity (Wildman–Crippen MR) is 121 cm³/mol. The average molecular weight is 436 g/mol. The van der Waals surface area contributed by atoms with Crippen LogP contribution in [0.3, 0.4) is 0 Å². The molecular weight excluding hydrogens is 409 g/mol. The fraction of sp³-hybridized carbons (Fsp3) is 0.348. The fourth-order valence-electron chi connectivity index (χ4n) is 3.83. The van der Waals surface area contributed by atoms with E-state index in [-0.39, 0.29) is 11.5 Å². The van der Waals surface area contributed by atoms with Crippen molar-refractivity contribution in [3.63, 3.8) is 0 Å². The molecule has 9 heteroatoms. The zero-order valence-electron chi connectivity index (χ0n) is 18.5. The molecule has 1 aliphatic heterocycles. The summed E-state index contributed by atoms with van der Waals surface area (Å²) < 4.78 is 14.0. The number of aromatic nitrogens is 5. The number of halogens is 1. The maximum absolute atomic E-state index is 14.0. The molecule has 2 aromatic heterocycles. The number of nitrogens with one attached hydrogen (secondary N) is 1. The molecule has 0 saturated carbocycles. The molecular formula is C23H26FN7O. The van der Waals surface area contributed by atoms with E-state index in [4.69, 9.17) is 0 Å². The summed E-state index contributed by atoms with van der Waals surface area (Å²) in [4.78, 5) is 20.2. The molecule has 0 saturated heterocycles. The summed E-state index contributed by atoms with van der Waals surface area (Å²) in [6.07, 6.45) is 3.87. The Kier molecular flexibility index (Phi) is 6.25. The van der Waals surface area contributed by atoms with Gasteiger partial charge in [0.25, 0.3) is 11.9 Å². The molecule has 1 N–H and O–H groups in total. The number of tetrazole rings is 1. The molecule has 8 nitrogen and oxygen atoms in total. The van der Waals surface area contributed by atoms with Crippen LogP contribution in [0.2, 0.25) is 0 Å². The first-order chi connectivity index (χ1) is 15.5. The number of anilines is 2. The zero-order chi connectivity index (χ0) is 22.7. The van der Waals surface area contributed by atoms with Gasteiger partial charge < -0.3 is 10.2 Å². The molecule has 1 amide bonds. The fourth-order valence-corrected chi connectivity index (χ4v) is 3.83. The van der Waals surface area contributed by atoms with Crippen molar-refractivity contribution in [1.82, 2.24) is 25.2 Å². The van der Waals surface area contributed by atoms with Gasteiger partial charge in [-0.25, -0.2) is 4.39 Å². The van der Waals surface area contributed by atoms with Gasteiger partial charge in [0, 0.05) is 30.5 Å². The van der Waals surface area contributed by atoms with E-state index in [0.29, 0.717) is 36.7 Å². The molecule has 0 atom stereocenters. The number of nitrogens with zero attached hydrogens (tertiary/aromatic N) is 6. The van der Waals surface area contributed by atoms with Gasteiger partial charge in [-0.1, -0.05) is 29.7 Å². The third kappa shape index (κ3) is 4.37. The number of hydrogen-bond donors (Lipinski definition) is 1. The van der Waals surface area contributed by atoms with E-state index >= 15 is 0 Å². The lowest BCUT2D eigenvalue weighted by Gasteiger charge is -2.29. The lowest BCUT2D eigenvalue weighted by atomic mass is 9.95. The first kappa shape index (κ1) is 21.6. The van der Waals surface area contributed by atoms with Gasteiger partial charge in [0.15, 0.2) is 0 Å². The third-order valence-electron chi connectivity index (χ3n) is 5.72. The highest BCUT2D eigenvalue weighted by Crippen LogP contribution is 2.29. The van der Waals surface area contributed by atoms with Gasteiger partial charge in [0.1, 0.15) is 5.82 Å². The Morgan fingerprint density at radius 1 is 1.19 bits per heavy atom. The molecule has 4 rings (SSSR count). The minimum atomic E-state index is -0.465. The van der Waals surface area contributed by atoms with Crippen LogP contribution in [0.15, 0.2) is 42.2 Å². The van der Waals surface area contributed by atoms with Gasteiger partial charge in [0.2, 0.25) is 0 Å². The second-order valence-corrected chi connectivity index (χ2v) is 7.74. The third-order valence-corrected chi connectivity index (χ3v) is 5.72. The maximum atomic E-state index is 14.0. The first-order valence-electron chi connectivity index (χ1n) is 10.8. The Balaban J connectivity index is 1.49. The maximum Gasteiger partial charge on any atom is 0.266 e. The van der Waals surface area contributed by atoms with Crippen molar-refractivity contribution in [3.8, 4) is 0 Å². The van der Waals surface area contributed by atoms with Crippen LogP contribution in [0.4, 0.5) is 16.0 Å². The Bertz CT molecular complexity index is 1150. The molecule has 0 aliphatic carbocycles. The van der Waals surface area contributed by atoms with Gasteiger partial charge >= 0.3 is 0 Å². The Hall–Kier alpha value is -3.62. The summed E-state index contributed by atoms with van der Waals surface area (Å²) in [5.41, 5.74) is 4.87. The van der Waals surface area contributed by atoms with E-state index in [9.17, 15) is 9.18 Å². The molecule has 1 aromatic carbocycles. The van der Waals surface area contributed by atoms with Crippen LogP contribution >= 0.6 is 0 Å². The normalized spacial score (nSPS) is 14.1. The molecule has 3 heterocycles. The standard InChI is InChI=1S/C23H26FN7O/c1-4-18-19(12-25-13-21(18)24)22(32)26-17-8-6-16(7-9-17)20-14-30(11-10-15(20)3)23-27-29-31(5-2)28-23/h6-9,12-13H,4-5,10-11,14H2,1-3H3,(H,26,32). The van der Waals surface area contributed by atoms with E-state index in [2.05, 4.69) is 37.5 Å². The number of rotatable bonds is 6. The van der Waals surface area contributed by atoms with Gasteiger partial charge in [-0.05, 0) is 55.2 Å². The highest BCUT2D eigenvalue weighted by atomic mass is 19.1. The summed E-state index contributed by atoms with van der Waals surface area (Å²) in [5.74, 6) is -0.199. The van der Waals surface area contributed by atoms with E-state index in [1.807, 2.05) is 38.1 Å². The van der Waals surface area contributed by atoms with E-state index in [1.54, 1.807) is 4.80 Å². The minimum absolute atomic E-state index is 0.255. The van der Waals surface area contributed by atoms with Gasteiger partial charge in [0.05, 0.1) is 18.3 Å². The Morgan fingerprint density at radius 3 is 2.66 bits per heavy atom. The number of hydrogen-bond acceptors (Lipinski definition) is 6. The molecule has 1 aliphatic rings. The van der Waals surface area contributed by atoms with E-state index in [1.165, 1.54) is 17.3 Å². The van der Waals surface area contributed by atoms with Gasteiger partial charge in [-0.15, -0.1) is 5.10 Å². The number of carbonyl (C=O) groups excluding carboxylic acids is 1. The van der Waals surface area contributed by atoms with Crippen LogP contribution in [0, 0.1) is 5.82 Å². The molecule has 166 valence electrons. The number of pyridine rings is 1. The van der Waals surface area contributed by atoms with Crippen LogP contribution in [-0.4, -0.2) is 44.2 Å². The molecule has 0 bridgehead atoms. The minimum Gasteiger partial charge on any atom is -0.334 e. The first-order valence-corrected chi connectivity index (χ1v) is 10.8. The van der Waals surface area contributed by atoms with Crippen LogP contribution in [0.5, 0.6) is 0 Å². The van der Waals surface area contributed by atoms with Crippen LogP contribution < -0.4 is 10.2 Å². The largest absolute Gasteiger partial charge is 0.334 e. The number of amides is 1. The summed E-state index contributed by atoms with van der Waals surface area (Å²) in [7, 11) is 0. The van der Waals surface area contributed by atoms with E-state index < -0.39 is 5.82 Å². The molecule has 0 spiro atoms. The summed E-state index contributed by atoms with van der Waals surface area (Å²) in [6.45, 7) is 8.16. The second-order valence-electron chi connectivity index (χ2n) is 7.74. The highest BCUT2D eigenvalue weighted by Gasteiger charge is 2.21. The molecule has 0 radical (unpaired) electrons. The van der Waals surface area contributed by atoms with Crippen LogP contribution in [0.1, 0.15) is 48.7 Å². The van der Waals surface area contributed by atoms with Crippen molar-refractivity contribution in [2.24, 2.45) is 0 Å². The second kappa shape index (κ2) is 9.25. The van der Waals surface area contributed by atoms with Gasteiger partial charge in [-0.3, -0.25) is 9.78 Å². The van der Waals surface area contributed by atoms with Crippen molar-refractivity contribution in [1.29, 1.82) is 0 Å². The van der Waals surface area contributed by atoms with Crippen molar-refractivity contribution in [2.75, 3.05) is 23.3 Å². The van der Waals surface area contributed by atoms with Crippen molar-refractivity contribution in [3.05, 3.63) is 64.7 Å². The number of benzene rings is 1. The highest BCUT2D eigenvalue weighted by molar-refractivity contribution is 6.05. The van der Waals surface area contributed by atoms with Gasteiger partial charge in [-0.2, -0.15) is 4.80 Å². The quantitative estimate of drug-likeness (QED) is 0.635. The summed E-state index contributed by atoms with van der Waals surface area (Å²) in [6, 6.07) is 7.69. The van der Waals surface area contributed by atoms with Crippen molar-refractivity contribution >= 4 is 23.1 Å². The smallest absolute Gasteiger partial charge is 0.266 e. The number of carbonyl (C=O) groups is 1. The SMILES string of the molecule is CCc1c(F)cncc1C(=O)Nc1ccc(C2=C(C)CCN(c3nnn(CC)n3)C2)cc1. The van der Waals surface area contributed by atoms with Crippen molar-refractivity contribution in [2.45, 2.75) is 40.2 Å². The molecule has 3 aromatic rings. The molecule has 0 unspecified atom stereocenters. The van der Waals surface area contributed by atoms with E-state index in [0.717, 1.165) is 24.7 Å². The number of aryl methyl sites for hydroxylation is 1. The topological polar surface area (TPSA) is 88.8 Å². The average Bonchev–Trinajstić information content (AvgIpc) is 3.29. The lowest BCUT2D eigenvalue weighted by molar-refractivity contribution is 0.102. The predicted octanol–water partition coefficient (Wildman–Crippen LogP) is 3.73. The summed E-state index contributed by atoms with van der Waals surface area (Å²) in [5, 5.41) is 15.5.